The first-order valence-electron chi connectivity index (χ1n) is 5.07. The molecule has 0 radical (unpaired) electrons. The van der Waals surface area contributed by atoms with E-state index in [2.05, 4.69) is 0 Å². The summed E-state index contributed by atoms with van der Waals surface area (Å²) in [5.41, 5.74) is 1.07. The molecule has 0 saturated heterocycles. The monoisotopic (exact) mass is 268 g/mol. The van der Waals surface area contributed by atoms with Crippen molar-refractivity contribution in [2.45, 2.75) is 0 Å². The molecule has 2 aromatic carbocycles. The third-order valence-electron chi connectivity index (χ3n) is 2.45. The molecule has 0 aromatic heterocycles. The number of nitro benzene ring substituents is 2. The summed E-state index contributed by atoms with van der Waals surface area (Å²) in [4.78, 5) is 20.3. The fourth-order valence-corrected chi connectivity index (χ4v) is 1.60. The predicted octanol–water partition coefficient (Wildman–Crippen LogP) is 2.52. The molecular weight excluding hydrogens is 259 g/mol. The van der Waals surface area contributed by atoms with Gasteiger partial charge in [-0.25, -0.2) is 0 Å². The summed E-state index contributed by atoms with van der Waals surface area (Å²) in [5, 5.41) is 21.3. The van der Waals surface area contributed by atoms with Crippen molar-refractivity contribution in [1.82, 2.24) is 0 Å². The van der Waals surface area contributed by atoms with Crippen LogP contribution in [0.2, 0.25) is 0 Å². The summed E-state index contributed by atoms with van der Waals surface area (Å²) in [6.07, 6.45) is 0. The van der Waals surface area contributed by atoms with Crippen LogP contribution >= 0.6 is 0 Å². The van der Waals surface area contributed by atoms with E-state index in [9.17, 15) is 20.2 Å². The summed E-state index contributed by atoms with van der Waals surface area (Å²) < 4.78 is 0. The summed E-state index contributed by atoms with van der Waals surface area (Å²) in [5.74, 6) is 0. The SMILES string of the molecule is O=[N+]([O-])c1cccc(-c2cccc([N+](=O)[O-])c2)c1.[NaH]. The van der Waals surface area contributed by atoms with Crippen LogP contribution in [0, 0.1) is 20.2 Å². The molecule has 0 aliphatic carbocycles. The molecule has 2 aromatic rings. The number of hydrogen-bond donors (Lipinski definition) is 0. The second kappa shape index (κ2) is 6.42. The van der Waals surface area contributed by atoms with Gasteiger partial charge in [0.2, 0.25) is 0 Å². The second-order valence-electron chi connectivity index (χ2n) is 3.61. The molecule has 0 bridgehead atoms. The molecule has 0 spiro atoms. The maximum absolute atomic E-state index is 10.7. The Morgan fingerprint density at radius 3 is 1.42 bits per heavy atom. The van der Waals surface area contributed by atoms with Crippen LogP contribution in [0.3, 0.4) is 0 Å². The van der Waals surface area contributed by atoms with Crippen molar-refractivity contribution in [3.05, 3.63) is 68.8 Å². The molecule has 0 amide bonds. The Morgan fingerprint density at radius 2 is 1.11 bits per heavy atom. The van der Waals surface area contributed by atoms with Crippen molar-refractivity contribution in [1.29, 1.82) is 0 Å². The van der Waals surface area contributed by atoms with E-state index in [4.69, 9.17) is 0 Å². The summed E-state index contributed by atoms with van der Waals surface area (Å²) in [7, 11) is 0. The van der Waals surface area contributed by atoms with E-state index in [0.717, 1.165) is 0 Å². The predicted molar refractivity (Wildman–Crippen MR) is 72.3 cm³/mol. The van der Waals surface area contributed by atoms with E-state index in [1.54, 1.807) is 24.3 Å². The number of nitrogens with zero attached hydrogens (tertiary/aromatic N) is 2. The minimum atomic E-state index is -0.499. The molecule has 0 fully saturated rings. The van der Waals surface area contributed by atoms with Gasteiger partial charge >= 0.3 is 29.6 Å². The molecule has 92 valence electrons. The Morgan fingerprint density at radius 1 is 0.737 bits per heavy atom. The molecular formula is C12H9N2NaO4. The topological polar surface area (TPSA) is 86.3 Å². The molecule has 0 aliphatic heterocycles. The molecule has 0 aliphatic rings. The average molecular weight is 268 g/mol. The van der Waals surface area contributed by atoms with E-state index in [0.29, 0.717) is 11.1 Å². The van der Waals surface area contributed by atoms with Crippen LogP contribution in [0.25, 0.3) is 11.1 Å². The zero-order valence-electron chi connectivity index (χ0n) is 9.15. The van der Waals surface area contributed by atoms with Crippen LogP contribution in [-0.2, 0) is 0 Å². The van der Waals surface area contributed by atoms with Gasteiger partial charge < -0.3 is 0 Å². The normalized spacial score (nSPS) is 9.47. The second-order valence-corrected chi connectivity index (χ2v) is 3.61. The molecule has 6 nitrogen and oxygen atoms in total. The number of hydrogen-bond acceptors (Lipinski definition) is 4. The fourth-order valence-electron chi connectivity index (χ4n) is 1.60. The Balaban J connectivity index is 0.00000180. The maximum atomic E-state index is 10.7. The van der Waals surface area contributed by atoms with Gasteiger partial charge in [0.1, 0.15) is 0 Å². The molecule has 2 rings (SSSR count). The van der Waals surface area contributed by atoms with Crippen LogP contribution in [0.5, 0.6) is 0 Å². The van der Waals surface area contributed by atoms with Crippen molar-refractivity contribution in [3.8, 4) is 11.1 Å². The summed E-state index contributed by atoms with van der Waals surface area (Å²) >= 11 is 0. The summed E-state index contributed by atoms with van der Waals surface area (Å²) in [6, 6.07) is 12.0. The van der Waals surface area contributed by atoms with Gasteiger partial charge in [0.05, 0.1) is 9.85 Å². The average Bonchev–Trinajstić information content (AvgIpc) is 2.39. The zero-order chi connectivity index (χ0) is 13.1. The van der Waals surface area contributed by atoms with Gasteiger partial charge in [-0.1, -0.05) is 24.3 Å². The van der Waals surface area contributed by atoms with E-state index in [1.165, 1.54) is 24.3 Å². The first kappa shape index (κ1) is 15.3. The minimum absolute atomic E-state index is 0. The van der Waals surface area contributed by atoms with Crippen molar-refractivity contribution in [2.24, 2.45) is 0 Å². The van der Waals surface area contributed by atoms with Crippen LogP contribution in [-0.4, -0.2) is 39.4 Å². The molecule has 0 N–H and O–H groups in total. The third-order valence-corrected chi connectivity index (χ3v) is 2.45. The number of benzene rings is 2. The molecule has 0 unspecified atom stereocenters. The molecule has 19 heavy (non-hydrogen) atoms. The van der Waals surface area contributed by atoms with Gasteiger partial charge in [-0.2, -0.15) is 0 Å². The van der Waals surface area contributed by atoms with Gasteiger partial charge in [-0.05, 0) is 11.1 Å². The van der Waals surface area contributed by atoms with Crippen molar-refractivity contribution in [3.63, 3.8) is 0 Å². The molecule has 0 atom stereocenters. The third kappa shape index (κ3) is 3.60. The van der Waals surface area contributed by atoms with Gasteiger partial charge in [0.25, 0.3) is 11.4 Å². The Bertz CT molecular complexity index is 575. The van der Waals surface area contributed by atoms with Gasteiger partial charge in [0, 0.05) is 24.3 Å². The number of nitro groups is 2. The standard InChI is InChI=1S/C12H8N2O4.Na.H/c15-13(16)11-5-1-3-9(7-11)10-4-2-6-12(8-10)14(17)18;;/h1-8H;;. The first-order valence-corrected chi connectivity index (χ1v) is 5.07. The van der Waals surface area contributed by atoms with E-state index >= 15 is 0 Å². The van der Waals surface area contributed by atoms with Crippen molar-refractivity contribution in [2.75, 3.05) is 0 Å². The zero-order valence-corrected chi connectivity index (χ0v) is 9.15. The van der Waals surface area contributed by atoms with E-state index in [-0.39, 0.29) is 40.9 Å². The van der Waals surface area contributed by atoms with Gasteiger partial charge in [-0.3, -0.25) is 20.2 Å². The van der Waals surface area contributed by atoms with Crippen LogP contribution < -0.4 is 0 Å². The van der Waals surface area contributed by atoms with Gasteiger partial charge in [0.15, 0.2) is 0 Å². The van der Waals surface area contributed by atoms with Gasteiger partial charge in [-0.15, -0.1) is 0 Å². The van der Waals surface area contributed by atoms with E-state index < -0.39 is 9.85 Å². The first-order chi connectivity index (χ1) is 8.58. The van der Waals surface area contributed by atoms with E-state index in [1.807, 2.05) is 0 Å². The summed E-state index contributed by atoms with van der Waals surface area (Å²) in [6.45, 7) is 0. The fraction of sp³-hybridized carbons (Fsp3) is 0. The van der Waals surface area contributed by atoms with Crippen LogP contribution in [0.15, 0.2) is 48.5 Å². The Labute approximate surface area is 130 Å². The quantitative estimate of drug-likeness (QED) is 0.486. The molecule has 0 saturated carbocycles. The Hall–Kier alpha value is -1.76. The molecule has 7 heteroatoms. The Kier molecular flexibility index (Phi) is 5.17. The number of non-ortho nitro benzene ring substituents is 2. The number of rotatable bonds is 3. The van der Waals surface area contributed by atoms with Crippen molar-refractivity contribution >= 4 is 40.9 Å². The van der Waals surface area contributed by atoms with Crippen molar-refractivity contribution < 1.29 is 9.85 Å². The molecule has 0 heterocycles. The van der Waals surface area contributed by atoms with Crippen LogP contribution in [0.1, 0.15) is 0 Å². The van der Waals surface area contributed by atoms with Crippen LogP contribution in [0.4, 0.5) is 11.4 Å².